The van der Waals surface area contributed by atoms with Gasteiger partial charge in [-0.05, 0) is 35.9 Å². The van der Waals surface area contributed by atoms with E-state index in [1.807, 2.05) is 0 Å². The minimum absolute atomic E-state index is 0.0298. The van der Waals surface area contributed by atoms with Gasteiger partial charge < -0.3 is 14.7 Å². The quantitative estimate of drug-likeness (QED) is 0.497. The van der Waals surface area contributed by atoms with Crippen LogP contribution < -0.4 is 14.8 Å². The van der Waals surface area contributed by atoms with Crippen molar-refractivity contribution in [2.24, 2.45) is 0 Å². The van der Waals surface area contributed by atoms with Crippen LogP contribution in [0.3, 0.4) is 0 Å². The number of phenols is 1. The Bertz CT molecular complexity index is 1490. The van der Waals surface area contributed by atoms with Crippen molar-refractivity contribution in [2.75, 3.05) is 20.2 Å². The number of aromatic nitrogens is 2. The molecule has 0 spiro atoms. The second-order valence-corrected chi connectivity index (χ2v) is 8.64. The Morgan fingerprint density at radius 2 is 2.00 bits per heavy atom. The largest absolute Gasteiger partial charge is 0.502 e. The highest BCUT2D eigenvalue weighted by molar-refractivity contribution is 7.15. The normalized spacial score (nSPS) is 14.6. The van der Waals surface area contributed by atoms with E-state index in [0.717, 1.165) is 23.0 Å². The van der Waals surface area contributed by atoms with Crippen molar-refractivity contribution in [3.63, 3.8) is 0 Å². The summed E-state index contributed by atoms with van der Waals surface area (Å²) in [6, 6.07) is 9.32. The lowest BCUT2D eigenvalue weighted by Gasteiger charge is -2.34. The van der Waals surface area contributed by atoms with Gasteiger partial charge >= 0.3 is 0 Å². The number of methoxy groups -OCH3 is 1. The lowest BCUT2D eigenvalue weighted by molar-refractivity contribution is 0.0400. The highest BCUT2D eigenvalue weighted by atomic mass is 32.1. The van der Waals surface area contributed by atoms with Crippen LogP contribution in [0.2, 0.25) is 0 Å². The molecular formula is C23H17F2N3O4S. The molecule has 3 heterocycles. The Labute approximate surface area is 189 Å². The topological polar surface area (TPSA) is 84.1 Å². The molecule has 1 aliphatic rings. The van der Waals surface area contributed by atoms with E-state index in [0.29, 0.717) is 26.3 Å². The van der Waals surface area contributed by atoms with Gasteiger partial charge in [0.2, 0.25) is 0 Å². The number of hydrogen-bond donors (Lipinski definition) is 1. The minimum Gasteiger partial charge on any atom is -0.502 e. The third-order valence-electron chi connectivity index (χ3n) is 5.42. The number of halogens is 2. The van der Waals surface area contributed by atoms with E-state index in [-0.39, 0.29) is 30.3 Å². The van der Waals surface area contributed by atoms with E-state index >= 15 is 0 Å². The van der Waals surface area contributed by atoms with Crippen LogP contribution in [0.5, 0.6) is 11.5 Å². The molecule has 0 saturated carbocycles. The summed E-state index contributed by atoms with van der Waals surface area (Å²) >= 11 is 1.14. The molecule has 4 aromatic rings. The summed E-state index contributed by atoms with van der Waals surface area (Å²) in [6.45, 7) is 0.236. The van der Waals surface area contributed by atoms with Crippen LogP contribution in [0.1, 0.15) is 15.9 Å². The van der Waals surface area contributed by atoms with Crippen LogP contribution >= 0.6 is 11.3 Å². The number of alkyl halides is 1. The van der Waals surface area contributed by atoms with Crippen LogP contribution in [0.25, 0.3) is 22.3 Å². The maximum atomic E-state index is 13.9. The summed E-state index contributed by atoms with van der Waals surface area (Å²) in [5.74, 6) is -1.69. The number of aromatic hydroxyl groups is 1. The molecule has 1 amide bonds. The number of carbonyl (C=O) groups excluding carboxylic acids is 1. The summed E-state index contributed by atoms with van der Waals surface area (Å²) in [5.41, 5.74) is 1.81. The smallest absolute Gasteiger partial charge is 0.274 e. The number of likely N-dealkylation sites (tertiary alicyclic amines) is 1. The SMILES string of the molecule is COc1cc(/C=c2\sc3nc(-c4ccc(C(=O)N5CC(F)C5)cc4)cn3c2=O)cc(F)c1O. The van der Waals surface area contributed by atoms with E-state index < -0.39 is 17.7 Å². The Morgan fingerprint density at radius 1 is 1.27 bits per heavy atom. The van der Waals surface area contributed by atoms with Gasteiger partial charge in [0.15, 0.2) is 22.3 Å². The van der Waals surface area contributed by atoms with Crippen molar-refractivity contribution in [3.05, 3.63) is 74.4 Å². The maximum Gasteiger partial charge on any atom is 0.274 e. The van der Waals surface area contributed by atoms with E-state index in [9.17, 15) is 23.5 Å². The lowest BCUT2D eigenvalue weighted by Crippen LogP contribution is -2.51. The molecule has 0 radical (unpaired) electrons. The molecule has 5 rings (SSSR count). The first kappa shape index (κ1) is 21.1. The number of fused-ring (bicyclic) bond motifs is 1. The number of amides is 1. The molecule has 1 saturated heterocycles. The molecule has 33 heavy (non-hydrogen) atoms. The summed E-state index contributed by atoms with van der Waals surface area (Å²) in [7, 11) is 1.31. The van der Waals surface area contributed by atoms with Crippen molar-refractivity contribution < 1.29 is 23.4 Å². The summed E-state index contributed by atoms with van der Waals surface area (Å²) in [4.78, 5) is 31.5. The third-order valence-corrected chi connectivity index (χ3v) is 6.41. The van der Waals surface area contributed by atoms with Crippen molar-refractivity contribution in [1.82, 2.24) is 14.3 Å². The monoisotopic (exact) mass is 469 g/mol. The zero-order valence-corrected chi connectivity index (χ0v) is 18.1. The zero-order chi connectivity index (χ0) is 23.3. The van der Waals surface area contributed by atoms with Gasteiger partial charge in [-0.15, -0.1) is 0 Å². The summed E-state index contributed by atoms with van der Waals surface area (Å²) in [6.07, 6.45) is 2.15. The van der Waals surface area contributed by atoms with Gasteiger partial charge in [-0.3, -0.25) is 14.0 Å². The van der Waals surface area contributed by atoms with Crippen molar-refractivity contribution >= 4 is 28.3 Å². The number of hydrogen-bond acceptors (Lipinski definition) is 6. The van der Waals surface area contributed by atoms with Gasteiger partial charge in [0.05, 0.1) is 30.4 Å². The number of rotatable bonds is 4. The summed E-state index contributed by atoms with van der Waals surface area (Å²) < 4.78 is 33.6. The zero-order valence-electron chi connectivity index (χ0n) is 17.3. The summed E-state index contributed by atoms with van der Waals surface area (Å²) in [5, 5.41) is 9.64. The van der Waals surface area contributed by atoms with Gasteiger partial charge in [0.1, 0.15) is 6.17 Å². The van der Waals surface area contributed by atoms with E-state index in [2.05, 4.69) is 4.98 Å². The molecular weight excluding hydrogens is 452 g/mol. The van der Waals surface area contributed by atoms with Crippen LogP contribution in [-0.4, -0.2) is 51.7 Å². The third kappa shape index (κ3) is 3.72. The van der Waals surface area contributed by atoms with Crippen LogP contribution in [-0.2, 0) is 0 Å². The Balaban J connectivity index is 1.44. The van der Waals surface area contributed by atoms with E-state index in [1.54, 1.807) is 30.5 Å². The van der Waals surface area contributed by atoms with Crippen molar-refractivity contribution in [2.45, 2.75) is 6.17 Å². The molecule has 0 unspecified atom stereocenters. The predicted octanol–water partition coefficient (Wildman–Crippen LogP) is 2.62. The second-order valence-electron chi connectivity index (χ2n) is 7.63. The van der Waals surface area contributed by atoms with E-state index in [4.69, 9.17) is 4.74 Å². The fourth-order valence-corrected chi connectivity index (χ4v) is 4.57. The molecule has 1 aliphatic heterocycles. The fraction of sp³-hybridized carbons (Fsp3) is 0.174. The first-order valence-corrected chi connectivity index (χ1v) is 10.8. The first-order valence-electron chi connectivity index (χ1n) is 9.98. The van der Waals surface area contributed by atoms with Gasteiger partial charge in [0, 0.05) is 17.3 Å². The molecule has 2 aromatic heterocycles. The first-order chi connectivity index (χ1) is 15.8. The standard InChI is InChI=1S/C23H17F2N3O4S/c1-32-18-7-12(6-16(25)20(18)29)8-19-22(31)28-11-17(26-23(28)33-19)13-2-4-14(5-3-13)21(30)27-9-15(24)10-27/h2-8,11,15,29H,9-10H2,1H3/b19-8-. The number of thiazole rings is 1. The molecule has 0 atom stereocenters. The number of ether oxygens (including phenoxy) is 1. The van der Waals surface area contributed by atoms with Gasteiger partial charge in [-0.25, -0.2) is 13.8 Å². The van der Waals surface area contributed by atoms with Crippen LogP contribution in [0.4, 0.5) is 8.78 Å². The lowest BCUT2D eigenvalue weighted by atomic mass is 10.1. The maximum absolute atomic E-state index is 13.9. The highest BCUT2D eigenvalue weighted by Crippen LogP contribution is 2.30. The van der Waals surface area contributed by atoms with Gasteiger partial charge in [0.25, 0.3) is 11.5 Å². The number of carbonyl (C=O) groups is 1. The van der Waals surface area contributed by atoms with Crippen LogP contribution in [0.15, 0.2) is 47.4 Å². The Kier molecular flexibility index (Phi) is 5.09. The molecule has 1 N–H and O–H groups in total. The number of benzene rings is 2. The number of nitrogens with zero attached hydrogens (tertiary/aromatic N) is 3. The average molecular weight is 469 g/mol. The Hall–Kier alpha value is -3.79. The van der Waals surface area contributed by atoms with Crippen molar-refractivity contribution in [3.8, 4) is 22.8 Å². The number of imidazole rings is 1. The molecule has 0 aliphatic carbocycles. The molecule has 168 valence electrons. The molecule has 10 heteroatoms. The molecule has 7 nitrogen and oxygen atoms in total. The molecule has 1 fully saturated rings. The van der Waals surface area contributed by atoms with Gasteiger partial charge in [-0.2, -0.15) is 0 Å². The molecule has 0 bridgehead atoms. The van der Waals surface area contributed by atoms with Crippen molar-refractivity contribution in [1.29, 1.82) is 0 Å². The highest BCUT2D eigenvalue weighted by Gasteiger charge is 2.30. The van der Waals surface area contributed by atoms with Gasteiger partial charge in [-0.1, -0.05) is 23.5 Å². The average Bonchev–Trinajstić information content (AvgIpc) is 3.33. The Morgan fingerprint density at radius 3 is 2.64 bits per heavy atom. The fourth-order valence-electron chi connectivity index (χ4n) is 3.61. The number of phenolic OH excluding ortho intramolecular Hbond substituents is 1. The second kappa shape index (κ2) is 7.96. The van der Waals surface area contributed by atoms with E-state index in [1.165, 1.54) is 28.6 Å². The minimum atomic E-state index is -0.953. The van der Waals surface area contributed by atoms with Crippen LogP contribution in [0, 0.1) is 5.82 Å². The molecule has 2 aromatic carbocycles. The predicted molar refractivity (Wildman–Crippen MR) is 119 cm³/mol.